The van der Waals surface area contributed by atoms with E-state index in [1.54, 1.807) is 12.1 Å². The SMILES string of the molecule is O=C(c1ccc2c(c1)COC2)c1cc(Cl)c(Br)cc1F. The number of hydrogen-bond donors (Lipinski definition) is 0. The first-order chi connectivity index (χ1) is 9.56. The third kappa shape index (κ3) is 2.39. The van der Waals surface area contributed by atoms with Crippen molar-refractivity contribution < 1.29 is 13.9 Å². The van der Waals surface area contributed by atoms with Crippen LogP contribution in [0.25, 0.3) is 0 Å². The number of hydrogen-bond acceptors (Lipinski definition) is 2. The summed E-state index contributed by atoms with van der Waals surface area (Å²) in [6.07, 6.45) is 0. The van der Waals surface area contributed by atoms with Gasteiger partial charge in [0.2, 0.25) is 0 Å². The van der Waals surface area contributed by atoms with Gasteiger partial charge >= 0.3 is 0 Å². The molecule has 0 spiro atoms. The minimum atomic E-state index is -0.594. The lowest BCUT2D eigenvalue weighted by atomic mass is 9.99. The summed E-state index contributed by atoms with van der Waals surface area (Å²) in [6, 6.07) is 7.82. The first-order valence-corrected chi connectivity index (χ1v) is 7.12. The molecule has 0 N–H and O–H groups in total. The molecule has 1 aliphatic heterocycles. The Morgan fingerprint density at radius 3 is 2.75 bits per heavy atom. The monoisotopic (exact) mass is 354 g/mol. The van der Waals surface area contributed by atoms with E-state index in [0.29, 0.717) is 28.3 Å². The van der Waals surface area contributed by atoms with E-state index < -0.39 is 5.82 Å². The van der Waals surface area contributed by atoms with Gasteiger partial charge in [-0.1, -0.05) is 23.7 Å². The minimum absolute atomic E-state index is 0.0305. The molecule has 0 bridgehead atoms. The van der Waals surface area contributed by atoms with Crippen molar-refractivity contribution >= 4 is 33.3 Å². The second-order valence-corrected chi connectivity index (χ2v) is 5.81. The van der Waals surface area contributed by atoms with Crippen molar-refractivity contribution in [1.82, 2.24) is 0 Å². The van der Waals surface area contributed by atoms with Gasteiger partial charge < -0.3 is 4.74 Å². The van der Waals surface area contributed by atoms with Crippen LogP contribution in [-0.4, -0.2) is 5.78 Å². The first-order valence-electron chi connectivity index (χ1n) is 5.95. The number of ketones is 1. The molecule has 5 heteroatoms. The minimum Gasteiger partial charge on any atom is -0.372 e. The molecule has 2 aromatic rings. The number of halogens is 3. The molecule has 0 atom stereocenters. The topological polar surface area (TPSA) is 26.3 Å². The van der Waals surface area contributed by atoms with Crippen molar-refractivity contribution in [2.75, 3.05) is 0 Å². The van der Waals surface area contributed by atoms with E-state index in [1.165, 1.54) is 12.1 Å². The van der Waals surface area contributed by atoms with Crippen LogP contribution in [-0.2, 0) is 18.0 Å². The van der Waals surface area contributed by atoms with Crippen molar-refractivity contribution in [3.05, 3.63) is 67.9 Å². The molecule has 1 heterocycles. The van der Waals surface area contributed by atoms with E-state index >= 15 is 0 Å². The van der Waals surface area contributed by atoms with E-state index in [0.717, 1.165) is 11.1 Å². The second-order valence-electron chi connectivity index (χ2n) is 4.55. The van der Waals surface area contributed by atoms with Gasteiger partial charge in [-0.3, -0.25) is 4.79 Å². The molecule has 0 aromatic heterocycles. The van der Waals surface area contributed by atoms with E-state index in [2.05, 4.69) is 15.9 Å². The molecule has 0 saturated carbocycles. The third-order valence-electron chi connectivity index (χ3n) is 3.24. The van der Waals surface area contributed by atoms with Crippen LogP contribution in [0.4, 0.5) is 4.39 Å². The molecule has 20 heavy (non-hydrogen) atoms. The largest absolute Gasteiger partial charge is 0.372 e. The molecular formula is C15H9BrClFO2. The summed E-state index contributed by atoms with van der Waals surface area (Å²) in [6.45, 7) is 1.04. The Morgan fingerprint density at radius 2 is 1.95 bits per heavy atom. The molecular weight excluding hydrogens is 347 g/mol. The summed E-state index contributed by atoms with van der Waals surface area (Å²) in [4.78, 5) is 12.4. The van der Waals surface area contributed by atoms with Gasteiger partial charge in [0.1, 0.15) is 5.82 Å². The second kappa shape index (κ2) is 5.28. The number of carbonyl (C=O) groups excluding carboxylic acids is 1. The Labute approximate surface area is 128 Å². The van der Waals surface area contributed by atoms with Gasteiger partial charge in [-0.05, 0) is 45.3 Å². The van der Waals surface area contributed by atoms with Crippen LogP contribution < -0.4 is 0 Å². The molecule has 2 nitrogen and oxygen atoms in total. The highest BCUT2D eigenvalue weighted by Gasteiger charge is 2.19. The van der Waals surface area contributed by atoms with E-state index in [1.807, 2.05) is 6.07 Å². The van der Waals surface area contributed by atoms with Crippen LogP contribution in [0.1, 0.15) is 27.0 Å². The van der Waals surface area contributed by atoms with Crippen LogP contribution in [0.3, 0.4) is 0 Å². The standard InChI is InChI=1S/C15H9BrClFO2/c16-12-5-14(18)11(4-13(12)17)15(19)8-1-2-9-6-20-7-10(9)3-8/h1-5H,6-7H2. The highest BCUT2D eigenvalue weighted by atomic mass is 79.9. The molecule has 0 aliphatic carbocycles. The van der Waals surface area contributed by atoms with Gasteiger partial charge in [-0.2, -0.15) is 0 Å². The predicted molar refractivity (Wildman–Crippen MR) is 77.5 cm³/mol. The highest BCUT2D eigenvalue weighted by molar-refractivity contribution is 9.10. The van der Waals surface area contributed by atoms with E-state index in [9.17, 15) is 9.18 Å². The lowest BCUT2D eigenvalue weighted by molar-refractivity contribution is 0.103. The first kappa shape index (κ1) is 13.7. The van der Waals surface area contributed by atoms with Gasteiger partial charge in [0, 0.05) is 10.0 Å². The maximum absolute atomic E-state index is 13.9. The number of rotatable bonds is 2. The third-order valence-corrected chi connectivity index (χ3v) is 4.44. The normalized spacial score (nSPS) is 13.3. The number of ether oxygens (including phenoxy) is 1. The molecule has 0 fully saturated rings. The summed E-state index contributed by atoms with van der Waals surface area (Å²) < 4.78 is 19.6. The maximum Gasteiger partial charge on any atom is 0.196 e. The van der Waals surface area contributed by atoms with E-state index in [-0.39, 0.29) is 11.3 Å². The molecule has 1 aliphatic rings. The van der Waals surface area contributed by atoms with Crippen LogP contribution in [0.15, 0.2) is 34.8 Å². The Balaban J connectivity index is 2.03. The molecule has 3 rings (SSSR count). The van der Waals surface area contributed by atoms with Gasteiger partial charge in [0.05, 0.1) is 23.8 Å². The summed E-state index contributed by atoms with van der Waals surface area (Å²) in [5.74, 6) is -0.977. The number of carbonyl (C=O) groups is 1. The summed E-state index contributed by atoms with van der Waals surface area (Å²) in [5, 5.41) is 0.305. The lowest BCUT2D eigenvalue weighted by Gasteiger charge is -2.06. The molecule has 2 aromatic carbocycles. The quantitative estimate of drug-likeness (QED) is 0.585. The zero-order valence-corrected chi connectivity index (χ0v) is 12.6. The average molecular weight is 356 g/mol. The zero-order valence-electron chi connectivity index (χ0n) is 10.3. The number of benzene rings is 2. The smallest absolute Gasteiger partial charge is 0.196 e. The highest BCUT2D eigenvalue weighted by Crippen LogP contribution is 2.28. The molecule has 0 saturated heterocycles. The average Bonchev–Trinajstić information content (AvgIpc) is 2.89. The van der Waals surface area contributed by atoms with Crippen LogP contribution in [0.2, 0.25) is 5.02 Å². The van der Waals surface area contributed by atoms with Crippen LogP contribution >= 0.6 is 27.5 Å². The fourth-order valence-electron chi connectivity index (χ4n) is 2.17. The van der Waals surface area contributed by atoms with Crippen molar-refractivity contribution in [3.8, 4) is 0 Å². The van der Waals surface area contributed by atoms with Crippen molar-refractivity contribution in [2.45, 2.75) is 13.2 Å². The molecule has 102 valence electrons. The Hall–Kier alpha value is -1.23. The Morgan fingerprint density at radius 1 is 1.20 bits per heavy atom. The van der Waals surface area contributed by atoms with Crippen molar-refractivity contribution in [1.29, 1.82) is 0 Å². The molecule has 0 amide bonds. The summed E-state index contributed by atoms with van der Waals surface area (Å²) in [7, 11) is 0. The summed E-state index contributed by atoms with van der Waals surface area (Å²) >= 11 is 9.05. The predicted octanol–water partition coefficient (Wildman–Crippen LogP) is 4.50. The Bertz CT molecular complexity index is 715. The van der Waals surface area contributed by atoms with E-state index in [4.69, 9.17) is 16.3 Å². The van der Waals surface area contributed by atoms with Crippen molar-refractivity contribution in [3.63, 3.8) is 0 Å². The summed E-state index contributed by atoms with van der Waals surface area (Å²) in [5.41, 5.74) is 2.44. The fraction of sp³-hybridized carbons (Fsp3) is 0.133. The van der Waals surface area contributed by atoms with Gasteiger partial charge in [-0.15, -0.1) is 0 Å². The molecule has 0 unspecified atom stereocenters. The van der Waals surface area contributed by atoms with Gasteiger partial charge in [0.15, 0.2) is 5.78 Å². The zero-order chi connectivity index (χ0) is 14.3. The number of fused-ring (bicyclic) bond motifs is 1. The Kier molecular flexibility index (Phi) is 3.63. The lowest BCUT2D eigenvalue weighted by Crippen LogP contribution is -2.05. The maximum atomic E-state index is 13.9. The van der Waals surface area contributed by atoms with Crippen LogP contribution in [0.5, 0.6) is 0 Å². The van der Waals surface area contributed by atoms with Crippen LogP contribution in [0, 0.1) is 5.82 Å². The molecule has 0 radical (unpaired) electrons. The van der Waals surface area contributed by atoms with Crippen molar-refractivity contribution in [2.24, 2.45) is 0 Å². The fourth-order valence-corrected chi connectivity index (χ4v) is 2.64. The van der Waals surface area contributed by atoms with Gasteiger partial charge in [-0.25, -0.2) is 4.39 Å². The van der Waals surface area contributed by atoms with Gasteiger partial charge in [0.25, 0.3) is 0 Å².